The number of ketones is 1. The minimum atomic E-state index is -1.06. The normalized spacial score (nSPS) is 22.3. The molecular weight excluding hydrogens is 354 g/mol. The van der Waals surface area contributed by atoms with Crippen LogP contribution >= 0.6 is 0 Å². The van der Waals surface area contributed by atoms with Gasteiger partial charge in [0.05, 0.1) is 12.2 Å². The fraction of sp³-hybridized carbons (Fsp3) is 0.200. The molecule has 5 nitrogen and oxygen atoms in total. The van der Waals surface area contributed by atoms with Crippen molar-refractivity contribution in [3.05, 3.63) is 82.3 Å². The van der Waals surface area contributed by atoms with Crippen LogP contribution in [-0.4, -0.2) is 5.78 Å². The summed E-state index contributed by atoms with van der Waals surface area (Å²) in [6, 6.07) is 8.73. The highest BCUT2D eigenvalue weighted by Crippen LogP contribution is 2.46. The van der Waals surface area contributed by atoms with Crippen LogP contribution in [0.2, 0.25) is 0 Å². The topological polar surface area (TPSA) is 89.3 Å². The molecule has 27 heavy (non-hydrogen) atoms. The molecule has 4 rings (SSSR count). The van der Waals surface area contributed by atoms with Gasteiger partial charge in [-0.3, -0.25) is 4.79 Å². The molecule has 0 saturated carbocycles. The summed E-state index contributed by atoms with van der Waals surface area (Å²) in [5.74, 6) is -2.58. The molecule has 136 valence electrons. The zero-order chi connectivity index (χ0) is 19.1. The second kappa shape index (κ2) is 6.40. The molecule has 0 unspecified atom stereocenters. The van der Waals surface area contributed by atoms with Crippen molar-refractivity contribution in [2.45, 2.75) is 24.7 Å². The molecule has 2 N–H and O–H groups in total. The van der Waals surface area contributed by atoms with Crippen LogP contribution in [0.15, 0.2) is 63.8 Å². The predicted molar refractivity (Wildman–Crippen MR) is 89.7 cm³/mol. The van der Waals surface area contributed by atoms with E-state index < -0.39 is 17.6 Å². The monoisotopic (exact) mass is 368 g/mol. The summed E-state index contributed by atoms with van der Waals surface area (Å²) in [7, 11) is 0. The Kier molecular flexibility index (Phi) is 4.04. The lowest BCUT2D eigenvalue weighted by atomic mass is 9.74. The molecular formula is C20H14F2N2O3. The van der Waals surface area contributed by atoms with E-state index in [0.29, 0.717) is 17.9 Å². The molecule has 2 aliphatic rings. The summed E-state index contributed by atoms with van der Waals surface area (Å²) < 4.78 is 38.1. The first-order valence-electron chi connectivity index (χ1n) is 8.31. The summed E-state index contributed by atoms with van der Waals surface area (Å²) in [4.78, 5) is 12.9. The van der Waals surface area contributed by atoms with Crippen LogP contribution in [-0.2, 0) is 9.53 Å². The van der Waals surface area contributed by atoms with Gasteiger partial charge in [-0.1, -0.05) is 6.07 Å². The summed E-state index contributed by atoms with van der Waals surface area (Å²) in [5, 5.41) is 9.51. The van der Waals surface area contributed by atoms with Crippen molar-refractivity contribution in [1.29, 1.82) is 5.26 Å². The second-order valence-electron chi connectivity index (χ2n) is 6.48. The number of carbonyl (C=O) groups is 1. The third-order valence-corrected chi connectivity index (χ3v) is 4.88. The Hall–Kier alpha value is -3.40. The number of nitrogens with two attached hydrogens (primary N) is 1. The lowest BCUT2D eigenvalue weighted by Crippen LogP contribution is -2.29. The van der Waals surface area contributed by atoms with Gasteiger partial charge >= 0.3 is 0 Å². The number of ether oxygens (including phenoxy) is 1. The van der Waals surface area contributed by atoms with Crippen molar-refractivity contribution < 1.29 is 22.7 Å². The standard InChI is InChI=1S/C20H14F2N2O3/c21-13-4-3-10(6-14(13)22)18-12(9-23)20(24)27-17-8-11(7-15(25)19(17)18)16-2-1-5-26-16/h1-6,11,18H,7-8,24H2/t11-,18-/m1/s1. The summed E-state index contributed by atoms with van der Waals surface area (Å²) in [5.41, 5.74) is 6.44. The number of carbonyl (C=O) groups excluding carboxylic acids is 1. The van der Waals surface area contributed by atoms with Gasteiger partial charge in [-0.05, 0) is 29.8 Å². The molecule has 2 aromatic rings. The van der Waals surface area contributed by atoms with E-state index in [-0.39, 0.29) is 40.7 Å². The third-order valence-electron chi connectivity index (χ3n) is 4.88. The van der Waals surface area contributed by atoms with Crippen LogP contribution in [0.3, 0.4) is 0 Å². The Morgan fingerprint density at radius 3 is 2.67 bits per heavy atom. The number of hydrogen-bond donors (Lipinski definition) is 1. The Bertz CT molecular complexity index is 1030. The van der Waals surface area contributed by atoms with Crippen LogP contribution in [0.1, 0.15) is 36.0 Å². The minimum absolute atomic E-state index is 0.00422. The Morgan fingerprint density at radius 1 is 1.19 bits per heavy atom. The highest BCUT2D eigenvalue weighted by Gasteiger charge is 2.41. The highest BCUT2D eigenvalue weighted by molar-refractivity contribution is 6.00. The zero-order valence-corrected chi connectivity index (χ0v) is 14.0. The molecule has 1 aliphatic carbocycles. The van der Waals surface area contributed by atoms with E-state index in [9.17, 15) is 18.8 Å². The number of furan rings is 1. The van der Waals surface area contributed by atoms with Gasteiger partial charge < -0.3 is 14.9 Å². The molecule has 0 fully saturated rings. The van der Waals surface area contributed by atoms with E-state index in [2.05, 4.69) is 0 Å². The maximum Gasteiger partial charge on any atom is 0.205 e. The van der Waals surface area contributed by atoms with Crippen LogP contribution in [0.25, 0.3) is 0 Å². The summed E-state index contributed by atoms with van der Waals surface area (Å²) >= 11 is 0. The Morgan fingerprint density at radius 2 is 2.00 bits per heavy atom. The van der Waals surface area contributed by atoms with E-state index in [0.717, 1.165) is 12.1 Å². The molecule has 7 heteroatoms. The quantitative estimate of drug-likeness (QED) is 0.872. The highest BCUT2D eigenvalue weighted by atomic mass is 19.2. The van der Waals surface area contributed by atoms with Crippen LogP contribution < -0.4 is 5.73 Å². The van der Waals surface area contributed by atoms with Crippen molar-refractivity contribution in [2.75, 3.05) is 0 Å². The van der Waals surface area contributed by atoms with Crippen molar-refractivity contribution in [3.8, 4) is 6.07 Å². The van der Waals surface area contributed by atoms with Gasteiger partial charge in [0.2, 0.25) is 5.88 Å². The van der Waals surface area contributed by atoms with Crippen molar-refractivity contribution in [3.63, 3.8) is 0 Å². The number of halogens is 2. The van der Waals surface area contributed by atoms with Crippen LogP contribution in [0, 0.1) is 23.0 Å². The van der Waals surface area contributed by atoms with E-state index in [1.807, 2.05) is 6.07 Å². The summed E-state index contributed by atoms with van der Waals surface area (Å²) in [6.07, 6.45) is 2.04. The molecule has 0 bridgehead atoms. The first-order valence-corrected chi connectivity index (χ1v) is 8.31. The maximum absolute atomic E-state index is 13.8. The fourth-order valence-corrected chi connectivity index (χ4v) is 3.66. The van der Waals surface area contributed by atoms with Crippen molar-refractivity contribution in [2.24, 2.45) is 5.73 Å². The SMILES string of the molecule is N#CC1=C(N)OC2=C(C(=O)C[C@@H](c3ccco3)C2)[C@@H]1c1ccc(F)c(F)c1. The summed E-state index contributed by atoms with van der Waals surface area (Å²) in [6.45, 7) is 0. The second-order valence-corrected chi connectivity index (χ2v) is 6.48. The number of allylic oxidation sites excluding steroid dienone is 3. The molecule has 0 spiro atoms. The first-order chi connectivity index (χ1) is 13.0. The van der Waals surface area contributed by atoms with Gasteiger partial charge in [-0.25, -0.2) is 8.78 Å². The van der Waals surface area contributed by atoms with Gasteiger partial charge in [0, 0.05) is 24.3 Å². The van der Waals surface area contributed by atoms with E-state index in [1.54, 1.807) is 12.1 Å². The van der Waals surface area contributed by atoms with Crippen molar-refractivity contribution in [1.82, 2.24) is 0 Å². The number of nitriles is 1. The first kappa shape index (κ1) is 17.0. The largest absolute Gasteiger partial charge is 0.469 e. The molecule has 1 aromatic heterocycles. The molecule has 0 saturated heterocycles. The predicted octanol–water partition coefficient (Wildman–Crippen LogP) is 3.77. The molecule has 0 radical (unpaired) electrons. The molecule has 2 atom stereocenters. The molecule has 2 heterocycles. The molecule has 0 amide bonds. The van der Waals surface area contributed by atoms with Gasteiger partial charge in [0.25, 0.3) is 0 Å². The van der Waals surface area contributed by atoms with Gasteiger partial charge in [0.1, 0.15) is 23.2 Å². The third kappa shape index (κ3) is 2.79. The average Bonchev–Trinajstić information content (AvgIpc) is 3.17. The van der Waals surface area contributed by atoms with Gasteiger partial charge in [0.15, 0.2) is 17.4 Å². The van der Waals surface area contributed by atoms with Gasteiger partial charge in [-0.2, -0.15) is 5.26 Å². The molecule has 1 aromatic carbocycles. The van der Waals surface area contributed by atoms with E-state index in [4.69, 9.17) is 14.9 Å². The Labute approximate surface area is 153 Å². The minimum Gasteiger partial charge on any atom is -0.469 e. The lowest BCUT2D eigenvalue weighted by Gasteiger charge is -2.33. The molecule has 1 aliphatic heterocycles. The number of Topliss-reactive ketones (excluding diaryl/α,β-unsaturated/α-hetero) is 1. The van der Waals surface area contributed by atoms with Gasteiger partial charge in [-0.15, -0.1) is 0 Å². The van der Waals surface area contributed by atoms with Crippen molar-refractivity contribution >= 4 is 5.78 Å². The maximum atomic E-state index is 13.8. The number of nitrogens with zero attached hydrogens (tertiary/aromatic N) is 1. The average molecular weight is 368 g/mol. The number of benzene rings is 1. The zero-order valence-electron chi connectivity index (χ0n) is 14.0. The number of hydrogen-bond acceptors (Lipinski definition) is 5. The Balaban J connectivity index is 1.82. The smallest absolute Gasteiger partial charge is 0.205 e. The number of rotatable bonds is 2. The van der Waals surface area contributed by atoms with E-state index >= 15 is 0 Å². The fourth-order valence-electron chi connectivity index (χ4n) is 3.66. The van der Waals surface area contributed by atoms with Crippen LogP contribution in [0.5, 0.6) is 0 Å². The lowest BCUT2D eigenvalue weighted by molar-refractivity contribution is -0.117. The van der Waals surface area contributed by atoms with Crippen LogP contribution in [0.4, 0.5) is 8.78 Å². The van der Waals surface area contributed by atoms with E-state index in [1.165, 1.54) is 12.3 Å².